The third-order valence-corrected chi connectivity index (χ3v) is 5.12. The molecular formula is C20H19F3N4O2S. The fourth-order valence-electron chi connectivity index (χ4n) is 2.71. The topological polar surface area (TPSA) is 69.0 Å². The maximum atomic E-state index is 13.0. The van der Waals surface area contributed by atoms with E-state index in [1.807, 2.05) is 31.2 Å². The molecule has 0 radical (unpaired) electrons. The van der Waals surface area contributed by atoms with E-state index in [1.54, 1.807) is 11.6 Å². The second kappa shape index (κ2) is 9.21. The summed E-state index contributed by atoms with van der Waals surface area (Å²) in [5.74, 6) is 0.668. The molecule has 1 N–H and O–H groups in total. The molecule has 0 spiro atoms. The van der Waals surface area contributed by atoms with Gasteiger partial charge in [0.1, 0.15) is 5.75 Å². The van der Waals surface area contributed by atoms with Crippen LogP contribution in [0.15, 0.2) is 53.7 Å². The molecule has 0 unspecified atom stereocenters. The van der Waals surface area contributed by atoms with Gasteiger partial charge in [0.25, 0.3) is 0 Å². The number of benzene rings is 2. The molecule has 30 heavy (non-hydrogen) atoms. The van der Waals surface area contributed by atoms with Gasteiger partial charge in [-0.2, -0.15) is 13.2 Å². The number of rotatable bonds is 7. The van der Waals surface area contributed by atoms with Crippen molar-refractivity contribution in [1.82, 2.24) is 14.8 Å². The number of ether oxygens (including phenoxy) is 1. The third-order valence-electron chi connectivity index (χ3n) is 4.10. The molecule has 0 bridgehead atoms. The van der Waals surface area contributed by atoms with Crippen molar-refractivity contribution in [2.75, 3.05) is 17.7 Å². The maximum Gasteiger partial charge on any atom is 0.418 e. The molecular weight excluding hydrogens is 417 g/mol. The van der Waals surface area contributed by atoms with E-state index >= 15 is 0 Å². The van der Waals surface area contributed by atoms with Crippen molar-refractivity contribution in [2.24, 2.45) is 7.05 Å². The molecule has 158 valence electrons. The van der Waals surface area contributed by atoms with Crippen LogP contribution in [0.1, 0.15) is 12.5 Å². The summed E-state index contributed by atoms with van der Waals surface area (Å²) >= 11 is 1.09. The Labute approximate surface area is 175 Å². The van der Waals surface area contributed by atoms with Gasteiger partial charge in [-0.1, -0.05) is 23.9 Å². The van der Waals surface area contributed by atoms with Gasteiger partial charge in [0.05, 0.1) is 23.6 Å². The van der Waals surface area contributed by atoms with Gasteiger partial charge < -0.3 is 14.6 Å². The lowest BCUT2D eigenvalue weighted by Crippen LogP contribution is -2.18. The predicted octanol–water partition coefficient (Wildman–Crippen LogP) is 4.63. The molecule has 1 aromatic heterocycles. The zero-order chi connectivity index (χ0) is 21.7. The van der Waals surface area contributed by atoms with Gasteiger partial charge in [-0.25, -0.2) is 0 Å². The van der Waals surface area contributed by atoms with Crippen LogP contribution in [-0.4, -0.2) is 33.0 Å². The summed E-state index contributed by atoms with van der Waals surface area (Å²) in [6.45, 7) is 2.47. The third kappa shape index (κ3) is 5.12. The molecule has 1 amide bonds. The number of amides is 1. The lowest BCUT2D eigenvalue weighted by molar-refractivity contribution is -0.137. The van der Waals surface area contributed by atoms with Crippen LogP contribution in [0.4, 0.5) is 18.9 Å². The predicted molar refractivity (Wildman–Crippen MR) is 108 cm³/mol. The minimum atomic E-state index is -4.55. The van der Waals surface area contributed by atoms with E-state index in [1.165, 1.54) is 18.2 Å². The van der Waals surface area contributed by atoms with Crippen molar-refractivity contribution in [2.45, 2.75) is 18.3 Å². The number of hydrogen-bond donors (Lipinski definition) is 1. The van der Waals surface area contributed by atoms with E-state index in [-0.39, 0.29) is 11.4 Å². The van der Waals surface area contributed by atoms with E-state index in [4.69, 9.17) is 4.74 Å². The quantitative estimate of drug-likeness (QED) is 0.547. The highest BCUT2D eigenvalue weighted by Crippen LogP contribution is 2.34. The Kier molecular flexibility index (Phi) is 6.66. The van der Waals surface area contributed by atoms with E-state index in [0.29, 0.717) is 17.6 Å². The molecule has 0 saturated carbocycles. The number of nitrogens with one attached hydrogen (secondary N) is 1. The van der Waals surface area contributed by atoms with E-state index < -0.39 is 17.6 Å². The van der Waals surface area contributed by atoms with Gasteiger partial charge in [-0.05, 0) is 43.3 Å². The van der Waals surface area contributed by atoms with Gasteiger partial charge in [-0.3, -0.25) is 4.79 Å². The van der Waals surface area contributed by atoms with Crippen LogP contribution < -0.4 is 10.1 Å². The summed E-state index contributed by atoms with van der Waals surface area (Å²) in [6.07, 6.45) is -4.55. The number of aromatic nitrogens is 3. The summed E-state index contributed by atoms with van der Waals surface area (Å²) in [5, 5.41) is 11.0. The maximum absolute atomic E-state index is 13.0. The normalized spacial score (nSPS) is 11.4. The molecule has 0 atom stereocenters. The Morgan fingerprint density at radius 3 is 2.50 bits per heavy atom. The van der Waals surface area contributed by atoms with Crippen molar-refractivity contribution in [1.29, 1.82) is 0 Å². The molecule has 0 saturated heterocycles. The molecule has 10 heteroatoms. The van der Waals surface area contributed by atoms with E-state index in [2.05, 4.69) is 15.5 Å². The van der Waals surface area contributed by atoms with Gasteiger partial charge >= 0.3 is 6.18 Å². The van der Waals surface area contributed by atoms with Crippen LogP contribution in [-0.2, 0) is 18.0 Å². The van der Waals surface area contributed by atoms with Crippen LogP contribution in [0.3, 0.4) is 0 Å². The fraction of sp³-hybridized carbons (Fsp3) is 0.250. The number of carbonyl (C=O) groups excluding carboxylic acids is 1. The van der Waals surface area contributed by atoms with E-state index in [9.17, 15) is 18.0 Å². The first-order chi connectivity index (χ1) is 14.3. The second-order valence-corrected chi connectivity index (χ2v) is 7.15. The van der Waals surface area contributed by atoms with Crippen molar-refractivity contribution in [3.63, 3.8) is 0 Å². The number of anilines is 1. The van der Waals surface area contributed by atoms with Crippen LogP contribution in [0.2, 0.25) is 0 Å². The Hall–Kier alpha value is -3.01. The number of thioether (sulfide) groups is 1. The summed E-state index contributed by atoms with van der Waals surface area (Å²) in [6, 6.07) is 12.2. The SMILES string of the molecule is CCOc1ccc(-c2nnc(SCC(=O)Nc3ccccc3C(F)(F)F)n2C)cc1. The monoisotopic (exact) mass is 436 g/mol. The molecule has 0 fully saturated rings. The Morgan fingerprint density at radius 1 is 1.13 bits per heavy atom. The number of para-hydroxylation sites is 1. The smallest absolute Gasteiger partial charge is 0.418 e. The van der Waals surface area contributed by atoms with Crippen molar-refractivity contribution >= 4 is 23.4 Å². The molecule has 3 rings (SSSR count). The average Bonchev–Trinajstić information content (AvgIpc) is 3.07. The van der Waals surface area contributed by atoms with Crippen LogP contribution in [0.25, 0.3) is 11.4 Å². The van der Waals surface area contributed by atoms with Crippen LogP contribution >= 0.6 is 11.8 Å². The first-order valence-corrected chi connectivity index (χ1v) is 9.99. The number of carbonyl (C=O) groups is 1. The van der Waals surface area contributed by atoms with Crippen LogP contribution in [0, 0.1) is 0 Å². The Bertz CT molecular complexity index is 1020. The zero-order valence-corrected chi connectivity index (χ0v) is 17.0. The number of hydrogen-bond acceptors (Lipinski definition) is 5. The first kappa shape index (κ1) is 21.7. The molecule has 0 aliphatic carbocycles. The van der Waals surface area contributed by atoms with Gasteiger partial charge in [0, 0.05) is 12.6 Å². The molecule has 0 aliphatic heterocycles. The summed E-state index contributed by atoms with van der Waals surface area (Å²) in [4.78, 5) is 12.2. The van der Waals surface area contributed by atoms with Crippen LogP contribution in [0.5, 0.6) is 5.75 Å². The highest BCUT2D eigenvalue weighted by Gasteiger charge is 2.33. The Morgan fingerprint density at radius 2 is 1.83 bits per heavy atom. The lowest BCUT2D eigenvalue weighted by Gasteiger charge is -2.13. The largest absolute Gasteiger partial charge is 0.494 e. The fourth-order valence-corrected chi connectivity index (χ4v) is 3.43. The number of nitrogens with zero attached hydrogens (tertiary/aromatic N) is 3. The van der Waals surface area contributed by atoms with Gasteiger partial charge in [0.2, 0.25) is 5.91 Å². The Balaban J connectivity index is 1.65. The molecule has 6 nitrogen and oxygen atoms in total. The number of halogens is 3. The van der Waals surface area contributed by atoms with Crippen molar-refractivity contribution in [3.05, 3.63) is 54.1 Å². The van der Waals surface area contributed by atoms with Gasteiger partial charge in [-0.15, -0.1) is 10.2 Å². The molecule has 2 aromatic carbocycles. The number of alkyl halides is 3. The highest BCUT2D eigenvalue weighted by atomic mass is 32.2. The average molecular weight is 436 g/mol. The van der Waals surface area contributed by atoms with Gasteiger partial charge in [0.15, 0.2) is 11.0 Å². The standard InChI is InChI=1S/C20H19F3N4O2S/c1-3-29-14-10-8-13(9-11-14)18-25-26-19(27(18)2)30-12-17(28)24-16-7-5-4-6-15(16)20(21,22)23/h4-11H,3,12H2,1-2H3,(H,24,28). The molecule has 1 heterocycles. The highest BCUT2D eigenvalue weighted by molar-refractivity contribution is 7.99. The summed E-state index contributed by atoms with van der Waals surface area (Å²) in [5.41, 5.74) is -0.340. The minimum Gasteiger partial charge on any atom is -0.494 e. The summed E-state index contributed by atoms with van der Waals surface area (Å²) < 4.78 is 46.3. The second-order valence-electron chi connectivity index (χ2n) is 6.20. The zero-order valence-electron chi connectivity index (χ0n) is 16.2. The van der Waals surface area contributed by atoms with E-state index in [0.717, 1.165) is 29.1 Å². The van der Waals surface area contributed by atoms with Crippen molar-refractivity contribution in [3.8, 4) is 17.1 Å². The summed E-state index contributed by atoms with van der Waals surface area (Å²) in [7, 11) is 1.75. The molecule has 3 aromatic rings. The first-order valence-electron chi connectivity index (χ1n) is 9.01. The molecule has 0 aliphatic rings. The lowest BCUT2D eigenvalue weighted by atomic mass is 10.1. The van der Waals surface area contributed by atoms with Crippen molar-refractivity contribution < 1.29 is 22.7 Å². The minimum absolute atomic E-state index is 0.110.